The smallest absolute Gasteiger partial charge is 0.244 e. The van der Waals surface area contributed by atoms with Gasteiger partial charge in [0.05, 0.1) is 12.2 Å². The molecule has 7 heteroatoms. The molecule has 0 aliphatic rings. The van der Waals surface area contributed by atoms with E-state index in [1.165, 1.54) is 11.6 Å². The highest BCUT2D eigenvalue weighted by Gasteiger charge is 2.09. The third-order valence-electron chi connectivity index (χ3n) is 4.04. The molecule has 0 spiro atoms. The van der Waals surface area contributed by atoms with Crippen LogP contribution >= 0.6 is 15.9 Å². The lowest BCUT2D eigenvalue weighted by Gasteiger charge is -2.06. The first-order chi connectivity index (χ1) is 13.0. The van der Waals surface area contributed by atoms with Gasteiger partial charge < -0.3 is 5.32 Å². The van der Waals surface area contributed by atoms with Crippen molar-refractivity contribution < 1.29 is 4.79 Å². The van der Waals surface area contributed by atoms with E-state index in [0.29, 0.717) is 11.7 Å². The van der Waals surface area contributed by atoms with Gasteiger partial charge in [0.15, 0.2) is 5.82 Å². The Balaban J connectivity index is 1.61. The summed E-state index contributed by atoms with van der Waals surface area (Å²) in [5.74, 6) is 0.838. The molecule has 0 atom stereocenters. The van der Waals surface area contributed by atoms with Gasteiger partial charge >= 0.3 is 0 Å². The number of carbonyl (C=O) groups excluding carboxylic acids is 1. The second-order valence-electron chi connectivity index (χ2n) is 6.36. The summed E-state index contributed by atoms with van der Waals surface area (Å²) in [4.78, 5) is 12.1. The molecule has 1 N–H and O–H groups in total. The molecule has 0 saturated heterocycles. The van der Waals surface area contributed by atoms with Gasteiger partial charge in [-0.1, -0.05) is 60.1 Å². The molecule has 3 aromatic rings. The minimum absolute atomic E-state index is 0.202. The number of nitrogens with zero attached hydrogens (tertiary/aromatic N) is 4. The van der Waals surface area contributed by atoms with Crippen molar-refractivity contribution in [2.24, 2.45) is 0 Å². The Morgan fingerprint density at radius 1 is 1.22 bits per heavy atom. The average molecular weight is 426 g/mol. The first-order valence-corrected chi connectivity index (χ1v) is 9.41. The molecule has 0 radical (unpaired) electrons. The van der Waals surface area contributed by atoms with Crippen LogP contribution in [-0.4, -0.2) is 26.1 Å². The summed E-state index contributed by atoms with van der Waals surface area (Å²) in [5.41, 5.74) is 3.07. The largest absolute Gasteiger partial charge is 0.345 e. The molecule has 2 aromatic carbocycles. The topological polar surface area (TPSA) is 72.7 Å². The van der Waals surface area contributed by atoms with Crippen LogP contribution in [0.2, 0.25) is 0 Å². The van der Waals surface area contributed by atoms with E-state index in [2.05, 4.69) is 62.8 Å². The van der Waals surface area contributed by atoms with Crippen molar-refractivity contribution in [3.8, 4) is 5.69 Å². The van der Waals surface area contributed by atoms with E-state index in [1.54, 1.807) is 10.8 Å². The zero-order valence-electron chi connectivity index (χ0n) is 15.1. The number of tetrazole rings is 1. The molecule has 3 rings (SSSR count). The van der Waals surface area contributed by atoms with Gasteiger partial charge in [0.2, 0.25) is 5.91 Å². The van der Waals surface area contributed by atoms with E-state index in [9.17, 15) is 4.79 Å². The van der Waals surface area contributed by atoms with Gasteiger partial charge in [-0.15, -0.1) is 5.10 Å². The molecular weight excluding hydrogens is 406 g/mol. The Kier molecular flexibility index (Phi) is 6.13. The van der Waals surface area contributed by atoms with Crippen LogP contribution in [0.3, 0.4) is 0 Å². The summed E-state index contributed by atoms with van der Waals surface area (Å²) in [6, 6.07) is 15.8. The Labute approximate surface area is 166 Å². The normalized spacial score (nSPS) is 11.3. The molecule has 0 aliphatic heterocycles. The minimum atomic E-state index is -0.202. The molecule has 0 unspecified atom stereocenters. The molecular formula is C20H20BrN5O. The first-order valence-electron chi connectivity index (χ1n) is 8.62. The lowest BCUT2D eigenvalue weighted by Crippen LogP contribution is -2.22. The SMILES string of the molecule is CC(C)c1ccc(/C=C/C(=O)NCc2nnnn2-c2cccc(Br)c2)cc1. The predicted molar refractivity (Wildman–Crippen MR) is 108 cm³/mol. The summed E-state index contributed by atoms with van der Waals surface area (Å²) in [5, 5.41) is 14.5. The van der Waals surface area contributed by atoms with Gasteiger partial charge in [-0.25, -0.2) is 0 Å². The van der Waals surface area contributed by atoms with E-state index in [1.807, 2.05) is 36.4 Å². The van der Waals surface area contributed by atoms with Gasteiger partial charge in [0, 0.05) is 10.5 Å². The Morgan fingerprint density at radius 3 is 2.70 bits per heavy atom. The zero-order chi connectivity index (χ0) is 19.2. The molecule has 6 nitrogen and oxygen atoms in total. The number of amides is 1. The zero-order valence-corrected chi connectivity index (χ0v) is 16.7. The summed E-state index contributed by atoms with van der Waals surface area (Å²) in [6.45, 7) is 4.54. The fourth-order valence-corrected chi connectivity index (χ4v) is 2.90. The van der Waals surface area contributed by atoms with Crippen molar-refractivity contribution in [2.45, 2.75) is 26.3 Å². The summed E-state index contributed by atoms with van der Waals surface area (Å²) < 4.78 is 2.52. The van der Waals surface area contributed by atoms with Gasteiger partial charge in [-0.2, -0.15) is 4.68 Å². The number of rotatable bonds is 6. The summed E-state index contributed by atoms with van der Waals surface area (Å²) >= 11 is 3.43. The molecule has 1 aromatic heterocycles. The van der Waals surface area contributed by atoms with Gasteiger partial charge in [-0.05, 0) is 51.7 Å². The minimum Gasteiger partial charge on any atom is -0.345 e. The van der Waals surface area contributed by atoms with Crippen molar-refractivity contribution in [3.05, 3.63) is 76.0 Å². The van der Waals surface area contributed by atoms with Gasteiger partial charge in [0.1, 0.15) is 0 Å². The molecule has 1 heterocycles. The summed E-state index contributed by atoms with van der Waals surface area (Å²) in [6.07, 6.45) is 3.30. The maximum atomic E-state index is 12.1. The van der Waals surface area contributed by atoms with Crippen molar-refractivity contribution in [1.82, 2.24) is 25.5 Å². The maximum absolute atomic E-state index is 12.1. The molecule has 0 saturated carbocycles. The van der Waals surface area contributed by atoms with Crippen LogP contribution in [0.15, 0.2) is 59.1 Å². The summed E-state index contributed by atoms with van der Waals surface area (Å²) in [7, 11) is 0. The Bertz CT molecular complexity index is 947. The van der Waals surface area contributed by atoms with Crippen molar-refractivity contribution in [3.63, 3.8) is 0 Å². The average Bonchev–Trinajstić information content (AvgIpc) is 3.13. The number of benzene rings is 2. The molecule has 0 aliphatic carbocycles. The number of hydrogen-bond acceptors (Lipinski definition) is 4. The van der Waals surface area contributed by atoms with Crippen LogP contribution in [0.1, 0.15) is 36.7 Å². The van der Waals surface area contributed by atoms with Crippen LogP contribution in [0, 0.1) is 0 Å². The van der Waals surface area contributed by atoms with E-state index >= 15 is 0 Å². The maximum Gasteiger partial charge on any atom is 0.244 e. The molecule has 138 valence electrons. The number of nitrogens with one attached hydrogen (secondary N) is 1. The molecule has 27 heavy (non-hydrogen) atoms. The van der Waals surface area contributed by atoms with Crippen LogP contribution in [0.4, 0.5) is 0 Å². The van der Waals surface area contributed by atoms with Crippen LogP contribution in [-0.2, 0) is 11.3 Å². The van der Waals surface area contributed by atoms with E-state index in [-0.39, 0.29) is 12.5 Å². The third-order valence-corrected chi connectivity index (χ3v) is 4.53. The fraction of sp³-hybridized carbons (Fsp3) is 0.200. The third kappa shape index (κ3) is 5.10. The number of aromatic nitrogens is 4. The molecule has 0 fully saturated rings. The van der Waals surface area contributed by atoms with Crippen molar-refractivity contribution in [2.75, 3.05) is 0 Å². The first kappa shape index (κ1) is 19.0. The lowest BCUT2D eigenvalue weighted by atomic mass is 10.0. The van der Waals surface area contributed by atoms with Crippen molar-refractivity contribution in [1.29, 1.82) is 0 Å². The van der Waals surface area contributed by atoms with E-state index in [4.69, 9.17) is 0 Å². The van der Waals surface area contributed by atoms with Crippen LogP contribution < -0.4 is 5.32 Å². The fourth-order valence-electron chi connectivity index (χ4n) is 2.51. The second kappa shape index (κ2) is 8.73. The van der Waals surface area contributed by atoms with Gasteiger partial charge in [-0.3, -0.25) is 4.79 Å². The predicted octanol–water partition coefficient (Wildman–Crippen LogP) is 3.88. The quantitative estimate of drug-likeness (QED) is 0.608. The van der Waals surface area contributed by atoms with E-state index < -0.39 is 0 Å². The number of carbonyl (C=O) groups is 1. The highest BCUT2D eigenvalue weighted by Crippen LogP contribution is 2.16. The molecule has 1 amide bonds. The standard InChI is InChI=1S/C20H20BrN5O/c1-14(2)16-9-6-15(7-10-16)8-11-20(27)22-13-19-23-24-25-26(19)18-5-3-4-17(21)12-18/h3-12,14H,13H2,1-2H3,(H,22,27)/b11-8+. The number of hydrogen-bond donors (Lipinski definition) is 1. The van der Waals surface area contributed by atoms with Gasteiger partial charge in [0.25, 0.3) is 0 Å². The van der Waals surface area contributed by atoms with E-state index in [0.717, 1.165) is 15.7 Å². The second-order valence-corrected chi connectivity index (χ2v) is 7.27. The van der Waals surface area contributed by atoms with Crippen LogP contribution in [0.25, 0.3) is 11.8 Å². The highest BCUT2D eigenvalue weighted by molar-refractivity contribution is 9.10. The van der Waals surface area contributed by atoms with Crippen LogP contribution in [0.5, 0.6) is 0 Å². The Hall–Kier alpha value is -2.80. The monoisotopic (exact) mass is 425 g/mol. The van der Waals surface area contributed by atoms with Crippen molar-refractivity contribution >= 4 is 27.9 Å². The highest BCUT2D eigenvalue weighted by atomic mass is 79.9. The lowest BCUT2D eigenvalue weighted by molar-refractivity contribution is -0.116. The Morgan fingerprint density at radius 2 is 2.00 bits per heavy atom. The molecule has 0 bridgehead atoms. The number of halogens is 1.